The highest BCUT2D eigenvalue weighted by Crippen LogP contribution is 2.26. The van der Waals surface area contributed by atoms with Gasteiger partial charge in [-0.05, 0) is 50.7 Å². The molecule has 0 atom stereocenters. The van der Waals surface area contributed by atoms with Crippen molar-refractivity contribution in [2.24, 2.45) is 10.7 Å². The fourth-order valence-electron chi connectivity index (χ4n) is 1.74. The summed E-state index contributed by atoms with van der Waals surface area (Å²) in [5, 5.41) is 4.06. The minimum absolute atomic E-state index is 0.669. The largest absolute Gasteiger partial charge is 0.379 e. The van der Waals surface area contributed by atoms with Crippen LogP contribution in [0.4, 0.5) is 5.69 Å². The van der Waals surface area contributed by atoms with Gasteiger partial charge in [-0.3, -0.25) is 4.99 Å². The first-order valence-corrected chi connectivity index (χ1v) is 7.66. The number of aliphatic imine (C=N–C) groups is 1. The molecule has 19 heavy (non-hydrogen) atoms. The topological polar surface area (TPSA) is 50.4 Å². The first-order valence-electron chi connectivity index (χ1n) is 6.43. The Balaban J connectivity index is 0.000000224. The highest BCUT2D eigenvalue weighted by Gasteiger charge is 2.09. The Hall–Kier alpha value is -1.42. The molecule has 0 spiro atoms. The third-order valence-corrected chi connectivity index (χ3v) is 3.51. The summed E-state index contributed by atoms with van der Waals surface area (Å²) in [4.78, 5) is 3.90. The lowest BCUT2D eigenvalue weighted by molar-refractivity contribution is 1.05. The van der Waals surface area contributed by atoms with Crippen LogP contribution in [-0.4, -0.2) is 18.0 Å². The molecule has 0 saturated carbocycles. The van der Waals surface area contributed by atoms with Gasteiger partial charge in [-0.15, -0.1) is 0 Å². The summed E-state index contributed by atoms with van der Waals surface area (Å²) in [6, 6.07) is 8.47. The van der Waals surface area contributed by atoms with Gasteiger partial charge in [0.15, 0.2) is 5.17 Å². The number of fused-ring (bicyclic) bond motifs is 1. The molecule has 0 bridgehead atoms. The van der Waals surface area contributed by atoms with Crippen molar-refractivity contribution < 1.29 is 0 Å². The maximum Gasteiger partial charge on any atom is 0.153 e. The SMILES string of the molecule is CC1=C(C)Nc2ccccc2C1.CCN=C(N)SC. The van der Waals surface area contributed by atoms with E-state index in [-0.39, 0.29) is 0 Å². The molecule has 1 aromatic rings. The molecular formula is C15H23N3S. The van der Waals surface area contributed by atoms with Gasteiger partial charge in [-0.2, -0.15) is 0 Å². The van der Waals surface area contributed by atoms with Crippen molar-refractivity contribution in [1.82, 2.24) is 0 Å². The number of nitrogens with zero attached hydrogens (tertiary/aromatic N) is 1. The molecule has 104 valence electrons. The monoisotopic (exact) mass is 277 g/mol. The number of para-hydroxylation sites is 1. The van der Waals surface area contributed by atoms with E-state index in [2.05, 4.69) is 48.4 Å². The second kappa shape index (κ2) is 7.89. The molecule has 0 saturated heterocycles. The van der Waals surface area contributed by atoms with E-state index in [0.29, 0.717) is 5.17 Å². The first-order chi connectivity index (χ1) is 9.08. The molecule has 1 aliphatic rings. The van der Waals surface area contributed by atoms with Crippen LogP contribution in [0, 0.1) is 0 Å². The van der Waals surface area contributed by atoms with Crippen molar-refractivity contribution in [3.05, 3.63) is 41.1 Å². The molecule has 4 heteroatoms. The lowest BCUT2D eigenvalue weighted by atomic mass is 9.99. The number of nitrogens with two attached hydrogens (primary N) is 1. The van der Waals surface area contributed by atoms with Gasteiger partial charge in [-0.1, -0.05) is 30.0 Å². The van der Waals surface area contributed by atoms with Gasteiger partial charge in [0.05, 0.1) is 0 Å². The van der Waals surface area contributed by atoms with Gasteiger partial charge in [0.25, 0.3) is 0 Å². The second-order valence-corrected chi connectivity index (χ2v) is 5.21. The normalized spacial score (nSPS) is 14.2. The Morgan fingerprint density at radius 3 is 2.63 bits per heavy atom. The summed E-state index contributed by atoms with van der Waals surface area (Å²) in [5.74, 6) is 0. The van der Waals surface area contributed by atoms with E-state index < -0.39 is 0 Å². The Morgan fingerprint density at radius 1 is 1.37 bits per heavy atom. The van der Waals surface area contributed by atoms with Gasteiger partial charge in [0.2, 0.25) is 0 Å². The zero-order chi connectivity index (χ0) is 14.3. The molecule has 2 rings (SSSR count). The highest BCUT2D eigenvalue weighted by atomic mass is 32.2. The first kappa shape index (κ1) is 15.6. The van der Waals surface area contributed by atoms with Crippen LogP contribution in [0.5, 0.6) is 0 Å². The summed E-state index contributed by atoms with van der Waals surface area (Å²) >= 11 is 1.48. The van der Waals surface area contributed by atoms with Gasteiger partial charge in [-0.25, -0.2) is 0 Å². The molecule has 1 heterocycles. The minimum atomic E-state index is 0.669. The molecule has 1 aliphatic heterocycles. The van der Waals surface area contributed by atoms with Crippen LogP contribution in [0.25, 0.3) is 0 Å². The van der Waals surface area contributed by atoms with Crippen molar-refractivity contribution >= 4 is 22.6 Å². The van der Waals surface area contributed by atoms with Crippen molar-refractivity contribution in [1.29, 1.82) is 0 Å². The van der Waals surface area contributed by atoms with Gasteiger partial charge >= 0.3 is 0 Å². The number of allylic oxidation sites excluding steroid dienone is 2. The van der Waals surface area contributed by atoms with E-state index in [1.165, 1.54) is 34.3 Å². The summed E-state index contributed by atoms with van der Waals surface area (Å²) in [6.45, 7) is 7.05. The van der Waals surface area contributed by atoms with Crippen LogP contribution in [0.1, 0.15) is 26.3 Å². The lowest BCUT2D eigenvalue weighted by Gasteiger charge is -2.20. The molecule has 0 amide bonds. The highest BCUT2D eigenvalue weighted by molar-refractivity contribution is 8.13. The van der Waals surface area contributed by atoms with Crippen molar-refractivity contribution in [2.45, 2.75) is 27.2 Å². The van der Waals surface area contributed by atoms with Gasteiger partial charge < -0.3 is 11.1 Å². The van der Waals surface area contributed by atoms with Gasteiger partial charge in [0.1, 0.15) is 0 Å². The number of rotatable bonds is 1. The molecule has 0 aromatic heterocycles. The third kappa shape index (κ3) is 4.99. The Kier molecular flexibility index (Phi) is 6.50. The van der Waals surface area contributed by atoms with Crippen molar-refractivity contribution in [3.63, 3.8) is 0 Å². The Morgan fingerprint density at radius 2 is 2.05 bits per heavy atom. The molecular weight excluding hydrogens is 254 g/mol. The molecule has 3 nitrogen and oxygen atoms in total. The van der Waals surface area contributed by atoms with E-state index >= 15 is 0 Å². The van der Waals surface area contributed by atoms with E-state index in [9.17, 15) is 0 Å². The van der Waals surface area contributed by atoms with Crippen molar-refractivity contribution in [3.8, 4) is 0 Å². The Labute approximate surface area is 120 Å². The van der Waals surface area contributed by atoms with Crippen LogP contribution in [0.15, 0.2) is 40.5 Å². The van der Waals surface area contributed by atoms with Crippen LogP contribution in [0.2, 0.25) is 0 Å². The predicted molar refractivity (Wildman–Crippen MR) is 87.8 cm³/mol. The van der Waals surface area contributed by atoms with E-state index in [0.717, 1.165) is 13.0 Å². The number of hydrogen-bond donors (Lipinski definition) is 2. The van der Waals surface area contributed by atoms with E-state index in [4.69, 9.17) is 5.73 Å². The van der Waals surface area contributed by atoms with Crippen molar-refractivity contribution in [2.75, 3.05) is 18.1 Å². The number of thioether (sulfide) groups is 1. The zero-order valence-corrected chi connectivity index (χ0v) is 13.0. The van der Waals surface area contributed by atoms with E-state index in [1.54, 1.807) is 0 Å². The number of benzene rings is 1. The molecule has 0 unspecified atom stereocenters. The number of hydrogen-bond acceptors (Lipinski definition) is 3. The second-order valence-electron chi connectivity index (χ2n) is 4.38. The lowest BCUT2D eigenvalue weighted by Crippen LogP contribution is -2.08. The maximum absolute atomic E-state index is 5.30. The smallest absolute Gasteiger partial charge is 0.153 e. The Bertz CT molecular complexity index is 445. The molecule has 1 aromatic carbocycles. The summed E-state index contributed by atoms with van der Waals surface area (Å²) in [5.41, 5.74) is 10.7. The average Bonchev–Trinajstić information content (AvgIpc) is 2.41. The standard InChI is InChI=1S/C11H13N.C4H10N2S/c1-8-7-10-5-3-4-6-11(10)12-9(8)2;1-3-6-4(5)7-2/h3-6,12H,7H2,1-2H3;3H2,1-2H3,(H2,5,6). The summed E-state index contributed by atoms with van der Waals surface area (Å²) in [6.07, 6.45) is 3.00. The van der Waals surface area contributed by atoms with Crippen LogP contribution in [0.3, 0.4) is 0 Å². The van der Waals surface area contributed by atoms with Gasteiger partial charge in [0, 0.05) is 17.9 Å². The molecule has 3 N–H and O–H groups in total. The van der Waals surface area contributed by atoms with Crippen LogP contribution in [-0.2, 0) is 6.42 Å². The summed E-state index contributed by atoms with van der Waals surface area (Å²) < 4.78 is 0. The number of nitrogens with one attached hydrogen (secondary N) is 1. The average molecular weight is 277 g/mol. The predicted octanol–water partition coefficient (Wildman–Crippen LogP) is 3.63. The fourth-order valence-corrected chi connectivity index (χ4v) is 2.00. The quantitative estimate of drug-likeness (QED) is 0.609. The third-order valence-electron chi connectivity index (χ3n) is 2.96. The fraction of sp³-hybridized carbons (Fsp3) is 0.400. The zero-order valence-electron chi connectivity index (χ0n) is 12.2. The van der Waals surface area contributed by atoms with Crippen LogP contribution >= 0.6 is 11.8 Å². The van der Waals surface area contributed by atoms with Crippen LogP contribution < -0.4 is 11.1 Å². The molecule has 0 aliphatic carbocycles. The van der Waals surface area contributed by atoms with E-state index in [1.807, 2.05) is 13.2 Å². The number of anilines is 1. The maximum atomic E-state index is 5.30. The summed E-state index contributed by atoms with van der Waals surface area (Å²) in [7, 11) is 0. The number of amidine groups is 1. The molecule has 0 fully saturated rings. The minimum Gasteiger partial charge on any atom is -0.379 e. The molecule has 0 radical (unpaired) electrons.